The van der Waals surface area contributed by atoms with Crippen molar-refractivity contribution in [1.29, 1.82) is 5.26 Å². The Kier molecular flexibility index (Phi) is 3.85. The number of hydrogen-bond acceptors (Lipinski definition) is 5. The number of nitrogens with two attached hydrogens (primary N) is 1. The van der Waals surface area contributed by atoms with Crippen molar-refractivity contribution < 1.29 is 0 Å². The molecular formula is C17H14N6. The zero-order valence-corrected chi connectivity index (χ0v) is 12.5. The molecule has 0 atom stereocenters. The van der Waals surface area contributed by atoms with E-state index in [1.54, 1.807) is 30.7 Å². The number of aromatic nitrogens is 3. The third-order valence-electron chi connectivity index (χ3n) is 3.26. The smallest absolute Gasteiger partial charge is 0.221 e. The molecule has 3 aromatic rings. The molecule has 2 aromatic heterocycles. The second-order valence-electron chi connectivity index (χ2n) is 4.99. The molecule has 0 radical (unpaired) electrons. The van der Waals surface area contributed by atoms with E-state index in [0.717, 1.165) is 22.5 Å². The van der Waals surface area contributed by atoms with E-state index in [-0.39, 0.29) is 0 Å². The van der Waals surface area contributed by atoms with Crippen LogP contribution in [0.4, 0.5) is 5.95 Å². The lowest BCUT2D eigenvalue weighted by Crippen LogP contribution is -1.97. The van der Waals surface area contributed by atoms with Crippen LogP contribution in [-0.2, 0) is 0 Å². The van der Waals surface area contributed by atoms with Gasteiger partial charge in [-0.25, -0.2) is 9.66 Å². The van der Waals surface area contributed by atoms with E-state index in [4.69, 9.17) is 11.0 Å². The van der Waals surface area contributed by atoms with Crippen molar-refractivity contribution in [1.82, 2.24) is 14.6 Å². The topological polar surface area (TPSA) is 92.9 Å². The van der Waals surface area contributed by atoms with E-state index >= 15 is 0 Å². The fourth-order valence-electron chi connectivity index (χ4n) is 2.12. The fraction of sp³-hybridized carbons (Fsp3) is 0.0588. The number of imidazole rings is 1. The van der Waals surface area contributed by atoms with Gasteiger partial charge < -0.3 is 5.73 Å². The monoisotopic (exact) mass is 302 g/mol. The van der Waals surface area contributed by atoms with Crippen molar-refractivity contribution in [2.24, 2.45) is 5.10 Å². The molecule has 0 aliphatic rings. The van der Waals surface area contributed by atoms with Crippen LogP contribution in [0.1, 0.15) is 16.8 Å². The average Bonchev–Trinajstić information content (AvgIpc) is 2.91. The van der Waals surface area contributed by atoms with Gasteiger partial charge in [0.1, 0.15) is 0 Å². The van der Waals surface area contributed by atoms with Gasteiger partial charge in [0.05, 0.1) is 35.4 Å². The Morgan fingerprint density at radius 1 is 1.26 bits per heavy atom. The van der Waals surface area contributed by atoms with E-state index in [1.807, 2.05) is 31.2 Å². The Labute approximate surface area is 133 Å². The second kappa shape index (κ2) is 6.12. The van der Waals surface area contributed by atoms with Crippen LogP contribution in [0.2, 0.25) is 0 Å². The zero-order valence-electron chi connectivity index (χ0n) is 12.5. The highest BCUT2D eigenvalue weighted by Crippen LogP contribution is 2.18. The zero-order chi connectivity index (χ0) is 16.2. The number of aryl methyl sites for hydroxylation is 1. The van der Waals surface area contributed by atoms with Gasteiger partial charge in [0.2, 0.25) is 5.95 Å². The summed E-state index contributed by atoms with van der Waals surface area (Å²) in [6.07, 6.45) is 5.10. The van der Waals surface area contributed by atoms with Gasteiger partial charge >= 0.3 is 0 Å². The van der Waals surface area contributed by atoms with Crippen LogP contribution >= 0.6 is 0 Å². The number of anilines is 1. The summed E-state index contributed by atoms with van der Waals surface area (Å²) >= 11 is 0. The molecule has 0 bridgehead atoms. The molecule has 0 aliphatic heterocycles. The molecule has 0 unspecified atom stereocenters. The quantitative estimate of drug-likeness (QED) is 0.752. The number of pyridine rings is 1. The Morgan fingerprint density at radius 3 is 2.70 bits per heavy atom. The molecule has 6 heteroatoms. The summed E-state index contributed by atoms with van der Waals surface area (Å²) in [5.41, 5.74) is 9.78. The highest BCUT2D eigenvalue weighted by atomic mass is 15.4. The maximum absolute atomic E-state index is 8.94. The first-order chi connectivity index (χ1) is 11.2. The van der Waals surface area contributed by atoms with Gasteiger partial charge in [0.25, 0.3) is 0 Å². The predicted molar refractivity (Wildman–Crippen MR) is 88.8 cm³/mol. The maximum Gasteiger partial charge on any atom is 0.221 e. The summed E-state index contributed by atoms with van der Waals surface area (Å²) < 4.78 is 1.53. The standard InChI is InChI=1S/C17H14N6/c1-12-11-23(17(19)22-12)21-10-13-2-4-15(5-3-13)16-8-14(9-18)6-7-20-16/h2-8,10-11H,1H3,(H2,19,22). The summed E-state index contributed by atoms with van der Waals surface area (Å²) in [5, 5.41) is 13.2. The van der Waals surface area contributed by atoms with Crippen molar-refractivity contribution >= 4 is 12.2 Å². The van der Waals surface area contributed by atoms with E-state index in [2.05, 4.69) is 21.1 Å². The Morgan fingerprint density at radius 2 is 2.04 bits per heavy atom. The van der Waals surface area contributed by atoms with Gasteiger partial charge in [0.15, 0.2) is 0 Å². The van der Waals surface area contributed by atoms with Crippen LogP contribution in [-0.4, -0.2) is 20.9 Å². The van der Waals surface area contributed by atoms with Crippen molar-refractivity contribution in [3.63, 3.8) is 0 Å². The maximum atomic E-state index is 8.94. The summed E-state index contributed by atoms with van der Waals surface area (Å²) in [4.78, 5) is 8.37. The van der Waals surface area contributed by atoms with Crippen LogP contribution in [0.5, 0.6) is 0 Å². The Bertz CT molecular complexity index is 900. The molecule has 2 N–H and O–H groups in total. The molecule has 6 nitrogen and oxygen atoms in total. The Hall–Kier alpha value is -3.46. The van der Waals surface area contributed by atoms with Gasteiger partial charge in [-0.2, -0.15) is 10.4 Å². The molecule has 0 aliphatic carbocycles. The molecule has 2 heterocycles. The van der Waals surface area contributed by atoms with Crippen LogP contribution in [0, 0.1) is 18.3 Å². The molecule has 3 rings (SSSR count). The van der Waals surface area contributed by atoms with E-state index in [9.17, 15) is 0 Å². The van der Waals surface area contributed by atoms with Gasteiger partial charge in [0, 0.05) is 11.8 Å². The van der Waals surface area contributed by atoms with Crippen LogP contribution < -0.4 is 5.73 Å². The van der Waals surface area contributed by atoms with Crippen LogP contribution in [0.3, 0.4) is 0 Å². The van der Waals surface area contributed by atoms with Gasteiger partial charge in [-0.05, 0) is 24.6 Å². The molecule has 1 aromatic carbocycles. The molecule has 23 heavy (non-hydrogen) atoms. The summed E-state index contributed by atoms with van der Waals surface area (Å²) in [6, 6.07) is 13.3. The lowest BCUT2D eigenvalue weighted by Gasteiger charge is -2.02. The second-order valence-corrected chi connectivity index (χ2v) is 4.99. The molecule has 0 amide bonds. The summed E-state index contributed by atoms with van der Waals surface area (Å²) in [7, 11) is 0. The van der Waals surface area contributed by atoms with Crippen molar-refractivity contribution in [2.45, 2.75) is 6.92 Å². The fourth-order valence-corrected chi connectivity index (χ4v) is 2.12. The SMILES string of the molecule is Cc1cn(N=Cc2ccc(-c3cc(C#N)ccn3)cc2)c(N)n1. The normalized spacial score (nSPS) is 10.8. The van der Waals surface area contributed by atoms with Crippen molar-refractivity contribution in [3.05, 3.63) is 65.6 Å². The van der Waals surface area contributed by atoms with Crippen molar-refractivity contribution in [3.8, 4) is 17.3 Å². The van der Waals surface area contributed by atoms with E-state index in [1.165, 1.54) is 4.68 Å². The minimum absolute atomic E-state index is 0.355. The molecule has 0 fully saturated rings. The van der Waals surface area contributed by atoms with E-state index < -0.39 is 0 Å². The first-order valence-corrected chi connectivity index (χ1v) is 6.98. The Balaban J connectivity index is 1.82. The van der Waals surface area contributed by atoms with Gasteiger partial charge in [-0.1, -0.05) is 24.3 Å². The van der Waals surface area contributed by atoms with Crippen molar-refractivity contribution in [2.75, 3.05) is 5.73 Å². The number of nitrogens with zero attached hydrogens (tertiary/aromatic N) is 5. The first-order valence-electron chi connectivity index (χ1n) is 6.98. The van der Waals surface area contributed by atoms with Gasteiger partial charge in [-0.15, -0.1) is 0 Å². The number of hydrogen-bond donors (Lipinski definition) is 1. The van der Waals surface area contributed by atoms with Crippen LogP contribution in [0.15, 0.2) is 53.9 Å². The number of benzene rings is 1. The third-order valence-corrected chi connectivity index (χ3v) is 3.26. The van der Waals surface area contributed by atoms with Gasteiger partial charge in [-0.3, -0.25) is 4.98 Å². The molecular weight excluding hydrogens is 288 g/mol. The third kappa shape index (κ3) is 3.24. The average molecular weight is 302 g/mol. The molecule has 112 valence electrons. The highest BCUT2D eigenvalue weighted by molar-refractivity contribution is 5.80. The molecule has 0 saturated carbocycles. The number of nitriles is 1. The molecule has 0 spiro atoms. The minimum Gasteiger partial charge on any atom is -0.368 e. The highest BCUT2D eigenvalue weighted by Gasteiger charge is 2.01. The lowest BCUT2D eigenvalue weighted by molar-refractivity contribution is 0.897. The largest absolute Gasteiger partial charge is 0.368 e. The lowest BCUT2D eigenvalue weighted by atomic mass is 10.1. The number of rotatable bonds is 3. The predicted octanol–water partition coefficient (Wildman–Crippen LogP) is 2.59. The minimum atomic E-state index is 0.355. The number of nitrogen functional groups attached to an aromatic ring is 1. The first kappa shape index (κ1) is 14.5. The molecule has 0 saturated heterocycles. The summed E-state index contributed by atoms with van der Waals surface area (Å²) in [6.45, 7) is 1.86. The summed E-state index contributed by atoms with van der Waals surface area (Å²) in [5.74, 6) is 0.355. The van der Waals surface area contributed by atoms with Crippen LogP contribution in [0.25, 0.3) is 11.3 Å². The van der Waals surface area contributed by atoms with E-state index in [0.29, 0.717) is 11.5 Å².